The van der Waals surface area contributed by atoms with Gasteiger partial charge in [0.2, 0.25) is 5.88 Å². The van der Waals surface area contributed by atoms with Crippen LogP contribution in [0, 0.1) is 30.2 Å². The van der Waals surface area contributed by atoms with Crippen LogP contribution in [0.1, 0.15) is 11.3 Å². The molecule has 3 heterocycles. The zero-order chi connectivity index (χ0) is 27.2. The molecule has 0 aliphatic carbocycles. The fourth-order valence-corrected chi connectivity index (χ4v) is 5.73. The molecule has 3 aromatic heterocycles. The number of nitrogens with one attached hydrogen (secondary N) is 1. The maximum Gasteiger partial charge on any atom is 0.213 e. The van der Waals surface area contributed by atoms with Gasteiger partial charge in [-0.05, 0) is 31.2 Å². The van der Waals surface area contributed by atoms with E-state index in [0.29, 0.717) is 22.7 Å². The third-order valence-electron chi connectivity index (χ3n) is 5.98. The van der Waals surface area contributed by atoms with Crippen LogP contribution < -0.4 is 4.74 Å². The Bertz CT molecular complexity index is 1820. The molecule has 0 fully saturated rings. The van der Waals surface area contributed by atoms with Gasteiger partial charge in [0.05, 0.1) is 46.6 Å². The van der Waals surface area contributed by atoms with Crippen LogP contribution in [0.15, 0.2) is 59.6 Å². The largest absolute Gasteiger partial charge is 0.481 e. The molecule has 5 rings (SSSR count). The maximum atomic E-state index is 15.6. The fraction of sp³-hybridized carbons (Fsp3) is 0.115. The van der Waals surface area contributed by atoms with Crippen molar-refractivity contribution < 1.29 is 30.7 Å². The van der Waals surface area contributed by atoms with Crippen molar-refractivity contribution in [3.63, 3.8) is 0 Å². The molecule has 1 N–H and O–H groups in total. The Hall–Kier alpha value is -4.32. The number of pyridine rings is 2. The summed E-state index contributed by atoms with van der Waals surface area (Å²) >= 11 is 0. The van der Waals surface area contributed by atoms with E-state index >= 15 is 8.78 Å². The second kappa shape index (κ2) is 9.53. The minimum Gasteiger partial charge on any atom is -0.481 e. The lowest BCUT2D eigenvalue weighted by atomic mass is 9.99. The highest BCUT2D eigenvalue weighted by molar-refractivity contribution is 7.90. The van der Waals surface area contributed by atoms with Gasteiger partial charge in [0, 0.05) is 22.6 Å². The third kappa shape index (κ3) is 4.36. The first-order chi connectivity index (χ1) is 18.1. The van der Waals surface area contributed by atoms with Crippen LogP contribution in [0.2, 0.25) is 0 Å². The van der Waals surface area contributed by atoms with Gasteiger partial charge < -0.3 is 4.74 Å². The summed E-state index contributed by atoms with van der Waals surface area (Å²) in [4.78, 5) is 7.54. The van der Waals surface area contributed by atoms with Gasteiger partial charge in [-0.3, -0.25) is 10.1 Å². The number of fused-ring (bicyclic) bond motifs is 1. The number of aromatic nitrogens is 4. The van der Waals surface area contributed by atoms with E-state index in [-0.39, 0.29) is 11.2 Å². The van der Waals surface area contributed by atoms with Gasteiger partial charge in [0.1, 0.15) is 23.0 Å². The summed E-state index contributed by atoms with van der Waals surface area (Å²) < 4.78 is 90.6. The van der Waals surface area contributed by atoms with E-state index < -0.39 is 60.4 Å². The lowest BCUT2D eigenvalue weighted by molar-refractivity contribution is 0.398. The molecule has 0 spiro atoms. The second-order valence-corrected chi connectivity index (χ2v) is 10.3. The molecule has 0 aliphatic heterocycles. The van der Waals surface area contributed by atoms with Crippen LogP contribution in [0.3, 0.4) is 0 Å². The molecule has 0 unspecified atom stereocenters. The van der Waals surface area contributed by atoms with Gasteiger partial charge in [-0.2, -0.15) is 5.10 Å². The number of benzene rings is 2. The number of aryl methyl sites for hydroxylation is 1. The van der Waals surface area contributed by atoms with Gasteiger partial charge >= 0.3 is 0 Å². The SMILES string of the molecule is COc1cccc(-c2[nH]nc3c(F)c(-c4c(F)ccc(CS(=O)(=O)c5cc(F)cnc5C)c4F)ccc23)n1. The first kappa shape index (κ1) is 25.3. The van der Waals surface area contributed by atoms with E-state index in [0.717, 1.165) is 24.4 Å². The van der Waals surface area contributed by atoms with E-state index in [2.05, 4.69) is 20.2 Å². The summed E-state index contributed by atoms with van der Waals surface area (Å²) in [6.45, 7) is 1.36. The molecule has 12 heteroatoms. The molecule has 0 saturated heterocycles. The molecule has 0 saturated carbocycles. The normalized spacial score (nSPS) is 11.7. The first-order valence-corrected chi connectivity index (χ1v) is 12.8. The summed E-state index contributed by atoms with van der Waals surface area (Å²) in [7, 11) is -2.83. The minimum atomic E-state index is -4.27. The molecule has 7 nitrogen and oxygen atoms in total. The van der Waals surface area contributed by atoms with E-state index in [9.17, 15) is 17.2 Å². The Kier molecular flexibility index (Phi) is 6.35. The Morgan fingerprint density at radius 3 is 2.55 bits per heavy atom. The predicted molar refractivity (Wildman–Crippen MR) is 131 cm³/mol. The van der Waals surface area contributed by atoms with Crippen LogP contribution in [-0.4, -0.2) is 35.7 Å². The molecular formula is C26H18F4N4O3S. The average Bonchev–Trinajstić information content (AvgIpc) is 3.33. The van der Waals surface area contributed by atoms with Crippen molar-refractivity contribution in [2.75, 3.05) is 7.11 Å². The molecule has 0 atom stereocenters. The van der Waals surface area contributed by atoms with Gasteiger partial charge in [-0.15, -0.1) is 0 Å². The first-order valence-electron chi connectivity index (χ1n) is 11.1. The summed E-state index contributed by atoms with van der Waals surface area (Å²) in [6.07, 6.45) is 0.856. The summed E-state index contributed by atoms with van der Waals surface area (Å²) in [6, 6.07) is 10.1. The van der Waals surface area contributed by atoms with Crippen molar-refractivity contribution in [3.05, 3.63) is 89.3 Å². The highest BCUT2D eigenvalue weighted by Crippen LogP contribution is 2.36. The van der Waals surface area contributed by atoms with Crippen molar-refractivity contribution in [1.82, 2.24) is 20.2 Å². The van der Waals surface area contributed by atoms with Gasteiger partial charge in [0.25, 0.3) is 0 Å². The number of rotatable bonds is 6. The van der Waals surface area contributed by atoms with E-state index in [1.165, 1.54) is 26.2 Å². The predicted octanol–water partition coefficient (Wildman–Crippen LogP) is 5.53. The topological polar surface area (TPSA) is 97.8 Å². The number of hydrogen-bond acceptors (Lipinski definition) is 6. The second-order valence-electron chi connectivity index (χ2n) is 8.38. The van der Waals surface area contributed by atoms with Crippen molar-refractivity contribution in [1.29, 1.82) is 0 Å². The average molecular weight is 543 g/mol. The molecule has 194 valence electrons. The standard InChI is InChI=1S/C26H18F4N4O3S/c1-13-20(10-15(27)11-31-13)38(35,36)12-14-6-9-18(28)22(23(14)29)16-7-8-17-25(33-34-26(17)24(16)30)19-4-3-5-21(32-19)37-2/h3-11H,12H2,1-2H3,(H,33,34). The number of sulfone groups is 1. The maximum absolute atomic E-state index is 15.6. The molecule has 5 aromatic rings. The number of aromatic amines is 1. The van der Waals surface area contributed by atoms with Crippen LogP contribution in [0.4, 0.5) is 17.6 Å². The monoisotopic (exact) mass is 542 g/mol. The van der Waals surface area contributed by atoms with Crippen molar-refractivity contribution in [3.8, 4) is 28.4 Å². The number of H-pyrrole nitrogens is 1. The zero-order valence-electron chi connectivity index (χ0n) is 19.9. The fourth-order valence-electron chi connectivity index (χ4n) is 4.14. The number of nitrogens with zero attached hydrogens (tertiary/aromatic N) is 3. The quantitative estimate of drug-likeness (QED) is 0.283. The lowest BCUT2D eigenvalue weighted by Gasteiger charge is -2.12. The third-order valence-corrected chi connectivity index (χ3v) is 7.76. The van der Waals surface area contributed by atoms with Gasteiger partial charge in [-0.25, -0.2) is 31.0 Å². The molecule has 0 radical (unpaired) electrons. The molecule has 2 aromatic carbocycles. The Labute approximate surface area is 214 Å². The van der Waals surface area contributed by atoms with E-state index in [1.807, 2.05) is 0 Å². The van der Waals surface area contributed by atoms with Crippen LogP contribution in [0.25, 0.3) is 33.4 Å². The molecule has 38 heavy (non-hydrogen) atoms. The number of halogens is 4. The lowest BCUT2D eigenvalue weighted by Crippen LogP contribution is -2.10. The molecular weight excluding hydrogens is 524 g/mol. The van der Waals surface area contributed by atoms with Crippen LogP contribution in [0.5, 0.6) is 5.88 Å². The summed E-state index contributed by atoms with van der Waals surface area (Å²) in [5.74, 6) is -4.86. The smallest absolute Gasteiger partial charge is 0.213 e. The van der Waals surface area contributed by atoms with Crippen molar-refractivity contribution in [2.45, 2.75) is 17.6 Å². The van der Waals surface area contributed by atoms with Gasteiger partial charge in [0.15, 0.2) is 15.7 Å². The summed E-state index contributed by atoms with van der Waals surface area (Å²) in [5, 5.41) is 6.97. The summed E-state index contributed by atoms with van der Waals surface area (Å²) in [5.41, 5.74) is -1.03. The Morgan fingerprint density at radius 2 is 1.79 bits per heavy atom. The zero-order valence-corrected chi connectivity index (χ0v) is 20.7. The van der Waals surface area contributed by atoms with Crippen LogP contribution >= 0.6 is 0 Å². The minimum absolute atomic E-state index is 0.0190. The number of methoxy groups -OCH3 is 1. The Morgan fingerprint density at radius 1 is 1.00 bits per heavy atom. The molecule has 0 aliphatic rings. The van der Waals surface area contributed by atoms with Crippen molar-refractivity contribution in [2.24, 2.45) is 0 Å². The van der Waals surface area contributed by atoms with Crippen LogP contribution in [-0.2, 0) is 15.6 Å². The van der Waals surface area contributed by atoms with E-state index in [4.69, 9.17) is 4.74 Å². The van der Waals surface area contributed by atoms with E-state index in [1.54, 1.807) is 18.2 Å². The molecule has 0 bridgehead atoms. The highest BCUT2D eigenvalue weighted by atomic mass is 32.2. The number of ether oxygens (including phenoxy) is 1. The van der Waals surface area contributed by atoms with Crippen molar-refractivity contribution >= 4 is 20.7 Å². The Balaban J connectivity index is 1.59. The van der Waals surface area contributed by atoms with Gasteiger partial charge in [-0.1, -0.05) is 18.2 Å². The highest BCUT2D eigenvalue weighted by Gasteiger charge is 2.26. The number of hydrogen-bond donors (Lipinski definition) is 1. The molecule has 0 amide bonds.